The molecule has 0 saturated heterocycles. The Hall–Kier alpha value is -1.90. The number of hydrogen-bond donors (Lipinski definition) is 0. The average molecular weight is 336 g/mol. The highest BCUT2D eigenvalue weighted by molar-refractivity contribution is 7.98. The van der Waals surface area contributed by atoms with Crippen molar-refractivity contribution >= 4 is 11.8 Å². The number of aromatic nitrogens is 2. The van der Waals surface area contributed by atoms with Crippen LogP contribution >= 0.6 is 11.8 Å². The number of alkyl halides is 3. The van der Waals surface area contributed by atoms with Crippen LogP contribution in [0.2, 0.25) is 0 Å². The molecule has 0 atom stereocenters. The van der Waals surface area contributed by atoms with Gasteiger partial charge >= 0.3 is 6.18 Å². The Morgan fingerprint density at radius 2 is 1.73 bits per heavy atom. The van der Waals surface area contributed by atoms with Gasteiger partial charge in [0, 0.05) is 12.1 Å². The van der Waals surface area contributed by atoms with Crippen molar-refractivity contribution in [2.45, 2.75) is 17.9 Å². The second-order valence-electron chi connectivity index (χ2n) is 4.33. The van der Waals surface area contributed by atoms with Gasteiger partial charge in [-0.1, -0.05) is 11.8 Å². The first-order valence-corrected chi connectivity index (χ1v) is 7.11. The van der Waals surface area contributed by atoms with Crippen LogP contribution in [0.5, 0.6) is 0 Å². The summed E-state index contributed by atoms with van der Waals surface area (Å²) in [5, 5.41) is -0.190. The molecule has 1 heterocycles. The van der Waals surface area contributed by atoms with E-state index in [1.54, 1.807) is 0 Å². The van der Waals surface area contributed by atoms with E-state index in [1.807, 2.05) is 0 Å². The Morgan fingerprint density at radius 1 is 1.14 bits per heavy atom. The van der Waals surface area contributed by atoms with E-state index in [0.717, 1.165) is 28.5 Å². The van der Waals surface area contributed by atoms with Crippen molar-refractivity contribution in [3.63, 3.8) is 0 Å². The number of nitrogens with zero attached hydrogens (tertiary/aromatic N) is 2. The van der Waals surface area contributed by atoms with Crippen molar-refractivity contribution in [2.75, 3.05) is 6.26 Å². The highest BCUT2D eigenvalue weighted by atomic mass is 32.2. The second kappa shape index (κ2) is 6.07. The zero-order valence-electron chi connectivity index (χ0n) is 11.1. The molecule has 2 aromatic rings. The van der Waals surface area contributed by atoms with Gasteiger partial charge in [0.1, 0.15) is 11.6 Å². The van der Waals surface area contributed by atoms with Gasteiger partial charge in [0.2, 0.25) is 0 Å². The molecule has 9 heteroatoms. The molecule has 0 spiro atoms. The minimum absolute atomic E-state index is 0.108. The molecule has 0 saturated carbocycles. The summed E-state index contributed by atoms with van der Waals surface area (Å²) in [4.78, 5) is 15.2. The Kier molecular flexibility index (Phi) is 4.55. The van der Waals surface area contributed by atoms with Gasteiger partial charge in [0.25, 0.3) is 5.56 Å². The second-order valence-corrected chi connectivity index (χ2v) is 5.10. The lowest BCUT2D eigenvalue weighted by Gasteiger charge is -2.13. The van der Waals surface area contributed by atoms with Crippen molar-refractivity contribution in [3.8, 4) is 0 Å². The van der Waals surface area contributed by atoms with Crippen LogP contribution in [-0.4, -0.2) is 15.8 Å². The van der Waals surface area contributed by atoms with Crippen molar-refractivity contribution in [2.24, 2.45) is 0 Å². The summed E-state index contributed by atoms with van der Waals surface area (Å²) in [5.41, 5.74) is -2.14. The van der Waals surface area contributed by atoms with E-state index in [2.05, 4.69) is 4.98 Å². The third-order valence-corrected chi connectivity index (χ3v) is 3.39. The Morgan fingerprint density at radius 3 is 2.23 bits per heavy atom. The molecule has 0 aliphatic rings. The normalized spacial score (nSPS) is 11.7. The van der Waals surface area contributed by atoms with Crippen molar-refractivity contribution in [3.05, 3.63) is 57.5 Å². The lowest BCUT2D eigenvalue weighted by molar-refractivity contribution is -0.141. The van der Waals surface area contributed by atoms with E-state index >= 15 is 0 Å². The van der Waals surface area contributed by atoms with Gasteiger partial charge < -0.3 is 0 Å². The van der Waals surface area contributed by atoms with Gasteiger partial charge in [-0.25, -0.2) is 13.8 Å². The molecule has 2 rings (SSSR count). The van der Waals surface area contributed by atoms with Crippen LogP contribution in [0.15, 0.2) is 34.2 Å². The van der Waals surface area contributed by atoms with Crippen LogP contribution in [-0.2, 0) is 12.7 Å². The van der Waals surface area contributed by atoms with Crippen LogP contribution in [0.1, 0.15) is 11.3 Å². The van der Waals surface area contributed by atoms with Crippen LogP contribution in [0.25, 0.3) is 0 Å². The van der Waals surface area contributed by atoms with Gasteiger partial charge in [0.05, 0.1) is 6.54 Å². The van der Waals surface area contributed by atoms with Gasteiger partial charge in [0.15, 0.2) is 10.9 Å². The standard InChI is InChI=1S/C13H9F5N2OS/c1-22-12-19-10(13(16,17)18)5-11(21)20(12)6-7-2-8(14)4-9(15)3-7/h2-5H,6H2,1H3. The van der Waals surface area contributed by atoms with Gasteiger partial charge in [-0.2, -0.15) is 13.2 Å². The molecule has 1 aromatic carbocycles. The molecule has 118 valence electrons. The van der Waals surface area contributed by atoms with E-state index in [1.165, 1.54) is 6.26 Å². The molecule has 0 aliphatic carbocycles. The summed E-state index contributed by atoms with van der Waals surface area (Å²) < 4.78 is 65.1. The smallest absolute Gasteiger partial charge is 0.283 e. The van der Waals surface area contributed by atoms with Crippen LogP contribution < -0.4 is 5.56 Å². The monoisotopic (exact) mass is 336 g/mol. The van der Waals surface area contributed by atoms with E-state index in [0.29, 0.717) is 12.1 Å². The molecule has 0 aliphatic heterocycles. The molecule has 0 bridgehead atoms. The van der Waals surface area contributed by atoms with Crippen molar-refractivity contribution in [1.29, 1.82) is 0 Å². The third-order valence-electron chi connectivity index (χ3n) is 2.71. The van der Waals surface area contributed by atoms with Gasteiger partial charge in [-0.3, -0.25) is 9.36 Å². The molecule has 0 amide bonds. The highest BCUT2D eigenvalue weighted by Crippen LogP contribution is 2.28. The number of rotatable bonds is 3. The maximum absolute atomic E-state index is 13.1. The lowest BCUT2D eigenvalue weighted by atomic mass is 10.2. The Bertz CT molecular complexity index is 737. The lowest BCUT2D eigenvalue weighted by Crippen LogP contribution is -2.26. The molecule has 0 unspecified atom stereocenters. The molecule has 1 aromatic heterocycles. The zero-order valence-corrected chi connectivity index (χ0v) is 11.9. The van der Waals surface area contributed by atoms with Crippen molar-refractivity contribution < 1.29 is 22.0 Å². The summed E-state index contributed by atoms with van der Waals surface area (Å²) in [6, 6.07) is 3.01. The molecular formula is C13H9F5N2OS. The SMILES string of the molecule is CSc1nc(C(F)(F)F)cc(=O)n1Cc1cc(F)cc(F)c1. The third kappa shape index (κ3) is 3.65. The average Bonchev–Trinajstić information content (AvgIpc) is 2.38. The highest BCUT2D eigenvalue weighted by Gasteiger charge is 2.34. The summed E-state index contributed by atoms with van der Waals surface area (Å²) in [6.07, 6.45) is -3.29. The summed E-state index contributed by atoms with van der Waals surface area (Å²) in [7, 11) is 0. The number of hydrogen-bond acceptors (Lipinski definition) is 3. The molecule has 0 fully saturated rings. The molecule has 0 radical (unpaired) electrons. The van der Waals surface area contributed by atoms with E-state index in [9.17, 15) is 26.7 Å². The van der Waals surface area contributed by atoms with Gasteiger partial charge in [-0.05, 0) is 24.0 Å². The number of benzene rings is 1. The first-order chi connectivity index (χ1) is 10.2. The van der Waals surface area contributed by atoms with E-state index in [-0.39, 0.29) is 17.3 Å². The summed E-state index contributed by atoms with van der Waals surface area (Å²) in [6.45, 7) is -0.283. The van der Waals surface area contributed by atoms with Crippen LogP contribution in [0.4, 0.5) is 22.0 Å². The quantitative estimate of drug-likeness (QED) is 0.490. The largest absolute Gasteiger partial charge is 0.433 e. The predicted octanol–water partition coefficient (Wildman–Crippen LogP) is 3.31. The first kappa shape index (κ1) is 16.5. The molecule has 22 heavy (non-hydrogen) atoms. The first-order valence-electron chi connectivity index (χ1n) is 5.89. The molecule has 0 N–H and O–H groups in total. The minimum Gasteiger partial charge on any atom is -0.283 e. The fourth-order valence-electron chi connectivity index (χ4n) is 1.82. The zero-order chi connectivity index (χ0) is 16.5. The van der Waals surface area contributed by atoms with E-state index in [4.69, 9.17) is 0 Å². The molecular weight excluding hydrogens is 327 g/mol. The van der Waals surface area contributed by atoms with Crippen molar-refractivity contribution in [1.82, 2.24) is 9.55 Å². The maximum atomic E-state index is 13.1. The minimum atomic E-state index is -4.74. The molecule has 3 nitrogen and oxygen atoms in total. The Labute approximate surface area is 125 Å². The predicted molar refractivity (Wildman–Crippen MR) is 70.7 cm³/mol. The fraction of sp³-hybridized carbons (Fsp3) is 0.231. The van der Waals surface area contributed by atoms with Crippen LogP contribution in [0, 0.1) is 11.6 Å². The maximum Gasteiger partial charge on any atom is 0.433 e. The fourth-order valence-corrected chi connectivity index (χ4v) is 2.38. The van der Waals surface area contributed by atoms with Crippen LogP contribution in [0.3, 0.4) is 0 Å². The number of halogens is 5. The van der Waals surface area contributed by atoms with E-state index < -0.39 is 29.1 Å². The Balaban J connectivity index is 2.49. The summed E-state index contributed by atoms with van der Waals surface area (Å²) in [5.74, 6) is -1.68. The topological polar surface area (TPSA) is 34.9 Å². The van der Waals surface area contributed by atoms with Gasteiger partial charge in [-0.15, -0.1) is 0 Å². The summed E-state index contributed by atoms with van der Waals surface area (Å²) >= 11 is 0.832. The number of thioether (sulfide) groups is 1.